The number of halogens is 1. The van der Waals surface area contributed by atoms with Crippen LogP contribution in [-0.4, -0.2) is 36.2 Å². The highest BCUT2D eigenvalue weighted by Gasteiger charge is 2.35. The smallest absolute Gasteiger partial charge is 0.416 e. The maximum atomic E-state index is 13.4. The lowest BCUT2D eigenvalue weighted by atomic mass is 9.92. The maximum absolute atomic E-state index is 13.4. The Balaban J connectivity index is 1.52. The molecule has 0 radical (unpaired) electrons. The molecule has 0 saturated heterocycles. The number of aromatic amines is 1. The Hall–Kier alpha value is -3.90. The highest BCUT2D eigenvalue weighted by atomic mass is 35.5. The first-order chi connectivity index (χ1) is 17.1. The van der Waals surface area contributed by atoms with Crippen molar-refractivity contribution in [3.8, 4) is 17.2 Å². The van der Waals surface area contributed by atoms with Gasteiger partial charge in [0.15, 0.2) is 0 Å². The van der Waals surface area contributed by atoms with Crippen molar-refractivity contribution in [2.45, 2.75) is 12.5 Å². The fourth-order valence-corrected chi connectivity index (χ4v) is 4.68. The topological polar surface area (TPSA) is 63.8 Å². The highest BCUT2D eigenvalue weighted by Crippen LogP contribution is 2.40. The third-order valence-electron chi connectivity index (χ3n) is 6.15. The third kappa shape index (κ3) is 4.57. The minimum absolute atomic E-state index is 0.357. The van der Waals surface area contributed by atoms with Gasteiger partial charge >= 0.3 is 6.09 Å². The number of fused-ring (bicyclic) bond motifs is 3. The Morgan fingerprint density at radius 1 is 1.09 bits per heavy atom. The van der Waals surface area contributed by atoms with Gasteiger partial charge in [0.1, 0.15) is 29.9 Å². The lowest BCUT2D eigenvalue weighted by Gasteiger charge is -2.35. The molecule has 1 unspecified atom stereocenters. The third-order valence-corrected chi connectivity index (χ3v) is 6.39. The molecule has 1 amide bonds. The van der Waals surface area contributed by atoms with Crippen LogP contribution < -0.4 is 14.2 Å². The molecular formula is C28H25ClN2O4. The van der Waals surface area contributed by atoms with E-state index in [0.717, 1.165) is 33.5 Å². The van der Waals surface area contributed by atoms with Crippen molar-refractivity contribution in [3.05, 3.63) is 101 Å². The van der Waals surface area contributed by atoms with Crippen molar-refractivity contribution in [1.82, 2.24) is 9.88 Å². The molecule has 7 heteroatoms. The number of H-pyrrole nitrogens is 1. The normalized spacial score (nSPS) is 14.9. The number of carbonyl (C=O) groups excluding carboxylic acids is 1. The van der Waals surface area contributed by atoms with E-state index in [1.54, 1.807) is 42.4 Å². The highest BCUT2D eigenvalue weighted by molar-refractivity contribution is 6.31. The van der Waals surface area contributed by atoms with Crippen LogP contribution in [0.3, 0.4) is 0 Å². The molecule has 178 valence electrons. The van der Waals surface area contributed by atoms with Crippen LogP contribution in [0.25, 0.3) is 10.9 Å². The van der Waals surface area contributed by atoms with Gasteiger partial charge in [-0.15, -0.1) is 0 Å². The number of hydrogen-bond donors (Lipinski definition) is 1. The molecule has 0 saturated carbocycles. The second-order valence-electron chi connectivity index (χ2n) is 8.27. The number of ether oxygens (including phenoxy) is 3. The molecule has 5 rings (SSSR count). The van der Waals surface area contributed by atoms with Gasteiger partial charge in [-0.05, 0) is 72.1 Å². The summed E-state index contributed by atoms with van der Waals surface area (Å²) in [5.74, 6) is 1.89. The molecule has 35 heavy (non-hydrogen) atoms. The Kier molecular flexibility index (Phi) is 6.38. The van der Waals surface area contributed by atoms with Gasteiger partial charge in [-0.3, -0.25) is 4.90 Å². The van der Waals surface area contributed by atoms with Crippen LogP contribution in [0.1, 0.15) is 22.9 Å². The van der Waals surface area contributed by atoms with E-state index in [9.17, 15) is 4.79 Å². The zero-order chi connectivity index (χ0) is 24.4. The predicted octanol–water partition coefficient (Wildman–Crippen LogP) is 6.54. The minimum Gasteiger partial charge on any atom is -0.497 e. The van der Waals surface area contributed by atoms with Gasteiger partial charge in [0, 0.05) is 28.2 Å². The number of rotatable bonds is 6. The summed E-state index contributed by atoms with van der Waals surface area (Å²) >= 11 is 6.29. The van der Waals surface area contributed by atoms with Crippen LogP contribution in [0, 0.1) is 0 Å². The molecule has 0 aliphatic carbocycles. The molecule has 1 N–H and O–H groups in total. The number of nitrogens with zero attached hydrogens (tertiary/aromatic N) is 1. The second-order valence-corrected chi connectivity index (χ2v) is 8.70. The Bertz CT molecular complexity index is 1360. The average Bonchev–Trinajstić information content (AvgIpc) is 3.25. The van der Waals surface area contributed by atoms with E-state index < -0.39 is 6.09 Å². The zero-order valence-corrected chi connectivity index (χ0v) is 20.0. The molecule has 0 bridgehead atoms. The van der Waals surface area contributed by atoms with Crippen molar-refractivity contribution in [2.24, 2.45) is 0 Å². The largest absolute Gasteiger partial charge is 0.497 e. The Morgan fingerprint density at radius 2 is 1.80 bits per heavy atom. The van der Waals surface area contributed by atoms with Crippen LogP contribution >= 0.6 is 11.6 Å². The summed E-state index contributed by atoms with van der Waals surface area (Å²) < 4.78 is 16.6. The summed E-state index contributed by atoms with van der Waals surface area (Å²) in [5.41, 5.74) is 4.05. The van der Waals surface area contributed by atoms with Crippen molar-refractivity contribution in [3.63, 3.8) is 0 Å². The number of benzene rings is 3. The predicted molar refractivity (Wildman–Crippen MR) is 137 cm³/mol. The van der Waals surface area contributed by atoms with Crippen LogP contribution in [0.5, 0.6) is 17.2 Å². The van der Waals surface area contributed by atoms with E-state index in [1.807, 2.05) is 42.5 Å². The molecule has 1 aliphatic heterocycles. The van der Waals surface area contributed by atoms with Crippen molar-refractivity contribution >= 4 is 28.6 Å². The minimum atomic E-state index is -0.422. The molecule has 4 aromatic rings. The van der Waals surface area contributed by atoms with E-state index in [0.29, 0.717) is 36.1 Å². The number of hydrogen-bond acceptors (Lipinski definition) is 4. The summed E-state index contributed by atoms with van der Waals surface area (Å²) in [5, 5.41) is 1.76. The van der Waals surface area contributed by atoms with E-state index in [2.05, 4.69) is 11.6 Å². The van der Waals surface area contributed by atoms with Crippen LogP contribution in [0.4, 0.5) is 4.79 Å². The van der Waals surface area contributed by atoms with Gasteiger partial charge in [0.2, 0.25) is 0 Å². The summed E-state index contributed by atoms with van der Waals surface area (Å²) in [6.45, 7) is 4.62. The van der Waals surface area contributed by atoms with Crippen LogP contribution in [-0.2, 0) is 6.42 Å². The number of aromatic nitrogens is 1. The molecule has 1 aromatic heterocycles. The lowest BCUT2D eigenvalue weighted by molar-refractivity contribution is 0.135. The maximum Gasteiger partial charge on any atom is 0.416 e. The molecule has 3 aromatic carbocycles. The van der Waals surface area contributed by atoms with Crippen molar-refractivity contribution in [2.75, 3.05) is 20.3 Å². The fourth-order valence-electron chi connectivity index (χ4n) is 4.51. The van der Waals surface area contributed by atoms with E-state index in [1.165, 1.54) is 0 Å². The van der Waals surface area contributed by atoms with E-state index in [4.69, 9.17) is 25.8 Å². The quantitative estimate of drug-likeness (QED) is 0.313. The molecule has 1 atom stereocenters. The van der Waals surface area contributed by atoms with Crippen LogP contribution in [0.2, 0.25) is 5.02 Å². The second kappa shape index (κ2) is 9.76. The molecule has 2 heterocycles. The van der Waals surface area contributed by atoms with Gasteiger partial charge < -0.3 is 19.2 Å². The zero-order valence-electron chi connectivity index (χ0n) is 19.3. The van der Waals surface area contributed by atoms with Gasteiger partial charge in [0.05, 0.1) is 7.11 Å². The Labute approximate surface area is 208 Å². The van der Waals surface area contributed by atoms with Gasteiger partial charge in [0.25, 0.3) is 0 Å². The fraction of sp³-hybridized carbons (Fsp3) is 0.179. The van der Waals surface area contributed by atoms with Gasteiger partial charge in [-0.2, -0.15) is 0 Å². The van der Waals surface area contributed by atoms with Crippen LogP contribution in [0.15, 0.2) is 79.4 Å². The first-order valence-corrected chi connectivity index (χ1v) is 11.7. The number of nitrogens with one attached hydrogen (secondary N) is 1. The average molecular weight is 489 g/mol. The van der Waals surface area contributed by atoms with Gasteiger partial charge in [-0.1, -0.05) is 36.4 Å². The molecule has 0 fully saturated rings. The molecular weight excluding hydrogens is 464 g/mol. The number of methoxy groups -OCH3 is 1. The number of amides is 1. The lowest BCUT2D eigenvalue weighted by Crippen LogP contribution is -2.42. The summed E-state index contributed by atoms with van der Waals surface area (Å²) in [6, 6.07) is 20.2. The van der Waals surface area contributed by atoms with Crippen molar-refractivity contribution in [1.29, 1.82) is 0 Å². The number of carbonyl (C=O) groups is 1. The SMILES string of the molecule is C=CCOc1ccc(C2c3[nH]c4ccc(Cl)cc4c3CCN2C(=O)Oc2ccc(OC)cc2)cc1. The standard InChI is InChI=1S/C28H25ClN2O4/c1-3-16-34-21-7-4-18(5-8-21)27-26-23(24-17-19(29)6-13-25(24)30-26)14-15-31(27)28(32)35-22-11-9-20(33-2)10-12-22/h3-13,17,27,30H,1,14-16H2,2H3. The summed E-state index contributed by atoms with van der Waals surface area (Å²) in [4.78, 5) is 18.7. The summed E-state index contributed by atoms with van der Waals surface area (Å²) in [6.07, 6.45) is 1.97. The Morgan fingerprint density at radius 3 is 2.51 bits per heavy atom. The van der Waals surface area contributed by atoms with Crippen molar-refractivity contribution < 1.29 is 19.0 Å². The van der Waals surface area contributed by atoms with E-state index >= 15 is 0 Å². The molecule has 0 spiro atoms. The monoisotopic (exact) mass is 488 g/mol. The van der Waals surface area contributed by atoms with E-state index in [-0.39, 0.29) is 6.04 Å². The first kappa shape index (κ1) is 22.9. The molecule has 6 nitrogen and oxygen atoms in total. The summed E-state index contributed by atoms with van der Waals surface area (Å²) in [7, 11) is 1.60. The molecule has 1 aliphatic rings. The first-order valence-electron chi connectivity index (χ1n) is 11.3. The van der Waals surface area contributed by atoms with Gasteiger partial charge in [-0.25, -0.2) is 4.79 Å².